The summed E-state index contributed by atoms with van der Waals surface area (Å²) >= 11 is 0. The quantitative estimate of drug-likeness (QED) is 0.581. The molecule has 0 saturated heterocycles. The second-order valence-electron chi connectivity index (χ2n) is 5.67. The first-order valence-corrected chi connectivity index (χ1v) is 7.08. The smallest absolute Gasteiger partial charge is 0.292 e. The molecule has 104 valence electrons. The van der Waals surface area contributed by atoms with Crippen molar-refractivity contribution in [1.29, 1.82) is 0 Å². The zero-order chi connectivity index (χ0) is 14.6. The number of fused-ring (bicyclic) bond motifs is 5. The monoisotopic (exact) mass is 277 g/mol. The van der Waals surface area contributed by atoms with E-state index in [0.29, 0.717) is 11.6 Å². The van der Waals surface area contributed by atoms with E-state index in [-0.39, 0.29) is 5.56 Å². The maximum atomic E-state index is 12.2. The van der Waals surface area contributed by atoms with E-state index in [1.807, 2.05) is 28.8 Å². The Hall–Kier alpha value is -2.62. The Labute approximate surface area is 120 Å². The highest BCUT2D eigenvalue weighted by molar-refractivity contribution is 6.09. The molecule has 0 radical (unpaired) electrons. The van der Waals surface area contributed by atoms with Gasteiger partial charge in [0.15, 0.2) is 0 Å². The SMILES string of the molecule is CC(C)/C=c1\c2ccccc2c2[nH]c(=O)c3nccn3c12. The lowest BCUT2D eigenvalue weighted by molar-refractivity contribution is 0.882. The van der Waals surface area contributed by atoms with Crippen LogP contribution in [0.5, 0.6) is 0 Å². The largest absolute Gasteiger partial charge is 0.317 e. The summed E-state index contributed by atoms with van der Waals surface area (Å²) in [6.07, 6.45) is 5.76. The lowest BCUT2D eigenvalue weighted by atomic mass is 10.1. The Balaban J connectivity index is 2.43. The van der Waals surface area contributed by atoms with Crippen molar-refractivity contribution in [3.63, 3.8) is 0 Å². The molecule has 2 aromatic heterocycles. The summed E-state index contributed by atoms with van der Waals surface area (Å²) in [5.41, 5.74) is 2.19. The van der Waals surface area contributed by atoms with Gasteiger partial charge in [0, 0.05) is 23.0 Å². The van der Waals surface area contributed by atoms with Crippen LogP contribution in [-0.4, -0.2) is 14.4 Å². The van der Waals surface area contributed by atoms with Crippen molar-refractivity contribution >= 4 is 33.5 Å². The predicted octanol–water partition coefficient (Wildman–Crippen LogP) is 2.48. The molecule has 0 amide bonds. The number of rotatable bonds is 1. The lowest BCUT2D eigenvalue weighted by Crippen LogP contribution is -2.13. The summed E-state index contributed by atoms with van der Waals surface area (Å²) in [4.78, 5) is 19.3. The maximum Gasteiger partial charge on any atom is 0.292 e. The van der Waals surface area contributed by atoms with Crippen LogP contribution in [0, 0.1) is 5.92 Å². The Kier molecular flexibility index (Phi) is 2.42. The van der Waals surface area contributed by atoms with Gasteiger partial charge in [-0.2, -0.15) is 0 Å². The van der Waals surface area contributed by atoms with Crippen molar-refractivity contribution in [3.05, 3.63) is 52.2 Å². The molecular formula is C17H15N3O. The van der Waals surface area contributed by atoms with Gasteiger partial charge in [-0.05, 0) is 11.3 Å². The zero-order valence-corrected chi connectivity index (χ0v) is 11.9. The Morgan fingerprint density at radius 3 is 2.76 bits per heavy atom. The van der Waals surface area contributed by atoms with Gasteiger partial charge in [-0.3, -0.25) is 9.20 Å². The topological polar surface area (TPSA) is 50.2 Å². The lowest BCUT2D eigenvalue weighted by Gasteiger charge is -1.98. The van der Waals surface area contributed by atoms with E-state index in [4.69, 9.17) is 0 Å². The number of hydrogen-bond donors (Lipinski definition) is 1. The molecular weight excluding hydrogens is 262 g/mol. The van der Waals surface area contributed by atoms with E-state index in [2.05, 4.69) is 36.0 Å². The molecule has 2 heterocycles. The van der Waals surface area contributed by atoms with Gasteiger partial charge < -0.3 is 4.98 Å². The van der Waals surface area contributed by atoms with Gasteiger partial charge in [0.1, 0.15) is 0 Å². The van der Waals surface area contributed by atoms with Crippen LogP contribution in [0.15, 0.2) is 41.5 Å². The fraction of sp³-hybridized carbons (Fsp3) is 0.176. The molecule has 4 nitrogen and oxygen atoms in total. The van der Waals surface area contributed by atoms with Crippen molar-refractivity contribution in [1.82, 2.24) is 14.4 Å². The molecule has 2 aromatic carbocycles. The molecule has 4 heteroatoms. The summed E-state index contributed by atoms with van der Waals surface area (Å²) in [7, 11) is 0. The summed E-state index contributed by atoms with van der Waals surface area (Å²) in [6.45, 7) is 4.31. The van der Waals surface area contributed by atoms with E-state index in [9.17, 15) is 4.79 Å². The third kappa shape index (κ3) is 1.62. The fourth-order valence-corrected chi connectivity index (χ4v) is 3.03. The van der Waals surface area contributed by atoms with Gasteiger partial charge in [-0.15, -0.1) is 0 Å². The van der Waals surface area contributed by atoms with Crippen molar-refractivity contribution in [2.45, 2.75) is 13.8 Å². The van der Waals surface area contributed by atoms with Crippen LogP contribution in [-0.2, 0) is 0 Å². The van der Waals surface area contributed by atoms with Gasteiger partial charge in [-0.25, -0.2) is 4.98 Å². The zero-order valence-electron chi connectivity index (χ0n) is 11.9. The molecule has 0 fully saturated rings. The highest BCUT2D eigenvalue weighted by atomic mass is 16.1. The fourth-order valence-electron chi connectivity index (χ4n) is 3.03. The number of hydrogen-bond acceptors (Lipinski definition) is 2. The summed E-state index contributed by atoms with van der Waals surface area (Å²) in [5.74, 6) is 0.421. The first-order valence-electron chi connectivity index (χ1n) is 7.08. The van der Waals surface area contributed by atoms with E-state index < -0.39 is 0 Å². The van der Waals surface area contributed by atoms with Crippen LogP contribution in [0.3, 0.4) is 0 Å². The van der Waals surface area contributed by atoms with Crippen LogP contribution in [0.4, 0.5) is 0 Å². The van der Waals surface area contributed by atoms with Crippen molar-refractivity contribution in [3.8, 4) is 0 Å². The average molecular weight is 277 g/mol. The minimum Gasteiger partial charge on any atom is -0.317 e. The summed E-state index contributed by atoms with van der Waals surface area (Å²) < 4.78 is 1.89. The molecule has 0 spiro atoms. The molecule has 4 rings (SSSR count). The highest BCUT2D eigenvalue weighted by Gasteiger charge is 2.13. The molecule has 0 aliphatic carbocycles. The number of nitrogens with zero attached hydrogens (tertiary/aromatic N) is 2. The highest BCUT2D eigenvalue weighted by Crippen LogP contribution is 2.22. The summed E-state index contributed by atoms with van der Waals surface area (Å²) in [6, 6.07) is 8.18. The summed E-state index contributed by atoms with van der Waals surface area (Å²) in [5, 5.41) is 3.40. The van der Waals surface area contributed by atoms with Gasteiger partial charge in [0.2, 0.25) is 5.65 Å². The number of aromatic nitrogens is 3. The third-order valence-electron chi connectivity index (χ3n) is 3.80. The van der Waals surface area contributed by atoms with Crippen molar-refractivity contribution < 1.29 is 0 Å². The standard InChI is InChI=1S/C17H15N3O/c1-10(2)9-13-11-5-3-4-6-12(11)14-15(13)20-8-7-18-16(20)17(21)19-14/h3-10H,1-2H3,(H,19,21)/b13-9+. The van der Waals surface area contributed by atoms with Crippen molar-refractivity contribution in [2.24, 2.45) is 5.92 Å². The van der Waals surface area contributed by atoms with Gasteiger partial charge in [-0.1, -0.05) is 44.2 Å². The molecule has 0 unspecified atom stereocenters. The van der Waals surface area contributed by atoms with E-state index in [1.165, 1.54) is 0 Å². The molecule has 1 N–H and O–H groups in total. The maximum absolute atomic E-state index is 12.2. The predicted molar refractivity (Wildman–Crippen MR) is 85.3 cm³/mol. The minimum atomic E-state index is -0.153. The first-order chi connectivity index (χ1) is 10.2. The van der Waals surface area contributed by atoms with E-state index in [0.717, 1.165) is 27.0 Å². The third-order valence-corrected chi connectivity index (χ3v) is 3.80. The molecule has 0 bridgehead atoms. The molecule has 0 saturated carbocycles. The van der Waals surface area contributed by atoms with Crippen LogP contribution < -0.4 is 10.8 Å². The van der Waals surface area contributed by atoms with Crippen LogP contribution in [0.1, 0.15) is 13.8 Å². The molecule has 0 aliphatic rings. The molecule has 0 atom stereocenters. The second-order valence-corrected chi connectivity index (χ2v) is 5.67. The van der Waals surface area contributed by atoms with Crippen molar-refractivity contribution in [2.75, 3.05) is 0 Å². The van der Waals surface area contributed by atoms with Crippen LogP contribution in [0.2, 0.25) is 0 Å². The molecule has 4 aromatic rings. The average Bonchev–Trinajstić information content (AvgIpc) is 3.04. The number of imidazole rings is 1. The minimum absolute atomic E-state index is 0.153. The van der Waals surface area contributed by atoms with Crippen LogP contribution >= 0.6 is 0 Å². The van der Waals surface area contributed by atoms with Gasteiger partial charge in [0.05, 0.1) is 11.0 Å². The van der Waals surface area contributed by atoms with Crippen LogP contribution in [0.25, 0.3) is 33.5 Å². The Morgan fingerprint density at radius 1 is 1.24 bits per heavy atom. The number of H-pyrrole nitrogens is 1. The Morgan fingerprint density at radius 2 is 2.00 bits per heavy atom. The normalized spacial score (nSPS) is 13.2. The van der Waals surface area contributed by atoms with E-state index in [1.54, 1.807) is 6.20 Å². The molecule has 21 heavy (non-hydrogen) atoms. The second kappa shape index (κ2) is 4.19. The number of benzene rings is 1. The number of aromatic amines is 1. The van der Waals surface area contributed by atoms with E-state index >= 15 is 0 Å². The Bertz CT molecular complexity index is 1090. The number of nitrogens with one attached hydrogen (secondary N) is 1. The van der Waals surface area contributed by atoms with Gasteiger partial charge in [0.25, 0.3) is 5.56 Å². The molecule has 0 aliphatic heterocycles. The van der Waals surface area contributed by atoms with Gasteiger partial charge >= 0.3 is 0 Å². The first kappa shape index (κ1) is 12.1.